The average Bonchev–Trinajstić information content (AvgIpc) is 2.00. The van der Waals surface area contributed by atoms with Crippen molar-refractivity contribution in [3.8, 4) is 0 Å². The van der Waals surface area contributed by atoms with Crippen LogP contribution in [0.4, 0.5) is 0 Å². The van der Waals surface area contributed by atoms with Crippen LogP contribution in [0.25, 0.3) is 0 Å². The molecule has 0 spiro atoms. The molecule has 2 atom stereocenters. The average molecular weight is 158 g/mol. The van der Waals surface area contributed by atoms with E-state index in [2.05, 4.69) is 0 Å². The molecule has 2 N–H and O–H groups in total. The lowest BCUT2D eigenvalue weighted by Gasteiger charge is -2.21. The van der Waals surface area contributed by atoms with Crippen LogP contribution >= 0.6 is 0 Å². The zero-order valence-electron chi connectivity index (χ0n) is 7.79. The number of hydrogen-bond donors (Lipinski definition) is 1. The minimum atomic E-state index is -0.338. The standard InChI is InChI=1S/C8H18N2O/c1-5-6(2)7(9)8(11)10(3)4/h6-7H,5,9H2,1-4H3/t6-,7-/m0/s1. The molecule has 0 bridgehead atoms. The summed E-state index contributed by atoms with van der Waals surface area (Å²) in [6.07, 6.45) is 0.945. The van der Waals surface area contributed by atoms with Crippen molar-refractivity contribution < 1.29 is 4.79 Å². The lowest BCUT2D eigenvalue weighted by Crippen LogP contribution is -2.43. The molecular weight excluding hydrogens is 140 g/mol. The van der Waals surface area contributed by atoms with E-state index in [1.807, 2.05) is 13.8 Å². The molecule has 0 aliphatic carbocycles. The highest BCUT2D eigenvalue weighted by Crippen LogP contribution is 2.06. The summed E-state index contributed by atoms with van der Waals surface area (Å²) in [6.45, 7) is 4.03. The maximum absolute atomic E-state index is 11.2. The van der Waals surface area contributed by atoms with Crippen molar-refractivity contribution >= 4 is 5.91 Å². The molecule has 3 heteroatoms. The number of nitrogens with two attached hydrogens (primary N) is 1. The fourth-order valence-electron chi connectivity index (χ4n) is 0.795. The summed E-state index contributed by atoms with van der Waals surface area (Å²) >= 11 is 0. The number of carbonyl (C=O) groups is 1. The Labute approximate surface area is 68.6 Å². The van der Waals surface area contributed by atoms with Gasteiger partial charge in [-0.05, 0) is 5.92 Å². The Balaban J connectivity index is 4.02. The number of hydrogen-bond acceptors (Lipinski definition) is 2. The molecule has 0 saturated heterocycles. The minimum Gasteiger partial charge on any atom is -0.347 e. The Morgan fingerprint density at radius 1 is 1.55 bits per heavy atom. The van der Waals surface area contributed by atoms with E-state index in [1.54, 1.807) is 14.1 Å². The molecule has 0 aromatic rings. The Bertz CT molecular complexity index is 134. The normalized spacial score (nSPS) is 15.7. The van der Waals surface area contributed by atoms with Gasteiger partial charge in [0, 0.05) is 14.1 Å². The van der Waals surface area contributed by atoms with Crippen LogP contribution in [0.15, 0.2) is 0 Å². The van der Waals surface area contributed by atoms with Crippen LogP contribution in [0, 0.1) is 5.92 Å². The van der Waals surface area contributed by atoms with Crippen LogP contribution < -0.4 is 5.73 Å². The maximum atomic E-state index is 11.2. The van der Waals surface area contributed by atoms with Crippen LogP contribution in [0.2, 0.25) is 0 Å². The lowest BCUT2D eigenvalue weighted by molar-refractivity contribution is -0.131. The summed E-state index contributed by atoms with van der Waals surface area (Å²) in [5, 5.41) is 0. The Hall–Kier alpha value is -0.570. The van der Waals surface area contributed by atoms with Crippen molar-refractivity contribution in [2.75, 3.05) is 14.1 Å². The molecular formula is C8H18N2O. The Morgan fingerprint density at radius 2 is 2.00 bits per heavy atom. The first kappa shape index (κ1) is 10.4. The first-order chi connectivity index (χ1) is 5.00. The summed E-state index contributed by atoms with van der Waals surface area (Å²) < 4.78 is 0. The highest BCUT2D eigenvalue weighted by atomic mass is 16.2. The number of amides is 1. The van der Waals surface area contributed by atoms with Crippen molar-refractivity contribution in [1.29, 1.82) is 0 Å². The summed E-state index contributed by atoms with van der Waals surface area (Å²) in [5.74, 6) is 0.282. The van der Waals surface area contributed by atoms with Crippen LogP contribution in [0.5, 0.6) is 0 Å². The van der Waals surface area contributed by atoms with E-state index in [0.717, 1.165) is 6.42 Å². The van der Waals surface area contributed by atoms with Gasteiger partial charge in [-0.1, -0.05) is 20.3 Å². The third-order valence-corrected chi connectivity index (χ3v) is 1.98. The van der Waals surface area contributed by atoms with Crippen molar-refractivity contribution in [2.24, 2.45) is 11.7 Å². The van der Waals surface area contributed by atoms with Gasteiger partial charge < -0.3 is 10.6 Å². The van der Waals surface area contributed by atoms with E-state index in [4.69, 9.17) is 5.73 Å². The number of carbonyl (C=O) groups excluding carboxylic acids is 1. The molecule has 0 radical (unpaired) electrons. The number of likely N-dealkylation sites (N-methyl/N-ethyl adjacent to an activating group) is 1. The summed E-state index contributed by atoms with van der Waals surface area (Å²) in [7, 11) is 3.45. The van der Waals surface area contributed by atoms with E-state index < -0.39 is 0 Å². The molecule has 3 nitrogen and oxygen atoms in total. The first-order valence-electron chi connectivity index (χ1n) is 3.97. The SMILES string of the molecule is CC[C@H](C)[C@H](N)C(=O)N(C)C. The van der Waals surface area contributed by atoms with Crippen molar-refractivity contribution in [3.63, 3.8) is 0 Å². The largest absolute Gasteiger partial charge is 0.347 e. The van der Waals surface area contributed by atoms with E-state index in [-0.39, 0.29) is 17.9 Å². The maximum Gasteiger partial charge on any atom is 0.239 e. The second-order valence-electron chi connectivity index (χ2n) is 3.14. The van der Waals surface area contributed by atoms with E-state index in [1.165, 1.54) is 4.90 Å². The smallest absolute Gasteiger partial charge is 0.239 e. The molecule has 0 saturated carbocycles. The monoisotopic (exact) mass is 158 g/mol. The fourth-order valence-corrected chi connectivity index (χ4v) is 0.795. The molecule has 0 fully saturated rings. The molecule has 0 aromatic carbocycles. The van der Waals surface area contributed by atoms with E-state index in [0.29, 0.717) is 0 Å². The van der Waals surface area contributed by atoms with Crippen LogP contribution in [-0.4, -0.2) is 30.9 Å². The molecule has 0 unspecified atom stereocenters. The third-order valence-electron chi connectivity index (χ3n) is 1.98. The highest BCUT2D eigenvalue weighted by molar-refractivity contribution is 5.81. The van der Waals surface area contributed by atoms with Crippen molar-refractivity contribution in [1.82, 2.24) is 4.90 Å². The number of nitrogens with zero attached hydrogens (tertiary/aromatic N) is 1. The first-order valence-corrected chi connectivity index (χ1v) is 3.97. The fraction of sp³-hybridized carbons (Fsp3) is 0.875. The van der Waals surface area contributed by atoms with Gasteiger partial charge in [-0.25, -0.2) is 0 Å². The predicted molar refractivity (Wildman–Crippen MR) is 46.1 cm³/mol. The Morgan fingerprint density at radius 3 is 2.27 bits per heavy atom. The van der Waals surface area contributed by atoms with Gasteiger partial charge in [0.05, 0.1) is 6.04 Å². The third kappa shape index (κ3) is 2.89. The van der Waals surface area contributed by atoms with Crippen LogP contribution in [0.1, 0.15) is 20.3 Å². The molecule has 0 rings (SSSR count). The van der Waals surface area contributed by atoms with Crippen LogP contribution in [0.3, 0.4) is 0 Å². The van der Waals surface area contributed by atoms with Gasteiger partial charge in [0.25, 0.3) is 0 Å². The van der Waals surface area contributed by atoms with Gasteiger partial charge >= 0.3 is 0 Å². The van der Waals surface area contributed by atoms with Gasteiger partial charge in [0.2, 0.25) is 5.91 Å². The molecule has 1 amide bonds. The molecule has 0 heterocycles. The second kappa shape index (κ2) is 4.34. The summed E-state index contributed by atoms with van der Waals surface area (Å²) in [4.78, 5) is 12.8. The van der Waals surface area contributed by atoms with E-state index in [9.17, 15) is 4.79 Å². The van der Waals surface area contributed by atoms with Gasteiger partial charge in [0.15, 0.2) is 0 Å². The predicted octanol–water partition coefficient (Wildman–Crippen LogP) is 0.448. The minimum absolute atomic E-state index is 0.0133. The van der Waals surface area contributed by atoms with Crippen molar-refractivity contribution in [3.05, 3.63) is 0 Å². The van der Waals surface area contributed by atoms with Gasteiger partial charge in [-0.15, -0.1) is 0 Å². The molecule has 0 aliphatic heterocycles. The van der Waals surface area contributed by atoms with Crippen molar-refractivity contribution in [2.45, 2.75) is 26.3 Å². The molecule has 11 heavy (non-hydrogen) atoms. The molecule has 0 aliphatic rings. The van der Waals surface area contributed by atoms with Gasteiger partial charge in [-0.2, -0.15) is 0 Å². The lowest BCUT2D eigenvalue weighted by atomic mass is 9.99. The zero-order chi connectivity index (χ0) is 9.02. The topological polar surface area (TPSA) is 46.3 Å². The second-order valence-corrected chi connectivity index (χ2v) is 3.14. The summed E-state index contributed by atoms with van der Waals surface area (Å²) in [5.41, 5.74) is 5.68. The Kier molecular flexibility index (Phi) is 4.11. The molecule has 66 valence electrons. The van der Waals surface area contributed by atoms with Gasteiger partial charge in [-0.3, -0.25) is 4.79 Å². The molecule has 0 aromatic heterocycles. The highest BCUT2D eigenvalue weighted by Gasteiger charge is 2.20. The summed E-state index contributed by atoms with van der Waals surface area (Å²) in [6, 6.07) is -0.338. The zero-order valence-corrected chi connectivity index (χ0v) is 7.79. The quantitative estimate of drug-likeness (QED) is 0.648. The van der Waals surface area contributed by atoms with E-state index >= 15 is 0 Å². The van der Waals surface area contributed by atoms with Crippen LogP contribution in [-0.2, 0) is 4.79 Å². The van der Waals surface area contributed by atoms with Gasteiger partial charge in [0.1, 0.15) is 0 Å². The number of rotatable bonds is 3.